The monoisotopic (exact) mass is 357 g/mol. The Morgan fingerprint density at radius 2 is 1.96 bits per heavy atom. The van der Waals surface area contributed by atoms with Gasteiger partial charge in [-0.3, -0.25) is 4.79 Å². The molecule has 2 heterocycles. The third-order valence-electron chi connectivity index (χ3n) is 3.78. The van der Waals surface area contributed by atoms with Crippen molar-refractivity contribution in [1.29, 1.82) is 0 Å². The molecule has 0 aliphatic rings. The summed E-state index contributed by atoms with van der Waals surface area (Å²) in [6, 6.07) is 9.34. The van der Waals surface area contributed by atoms with Gasteiger partial charge in [0.15, 0.2) is 5.76 Å². The molecule has 3 rings (SSSR count). The zero-order valence-electron chi connectivity index (χ0n) is 14.3. The van der Waals surface area contributed by atoms with E-state index < -0.39 is 0 Å². The zero-order chi connectivity index (χ0) is 17.8. The molecule has 6 nitrogen and oxygen atoms in total. The van der Waals surface area contributed by atoms with Crippen LogP contribution < -0.4 is 5.32 Å². The van der Waals surface area contributed by atoms with Crippen LogP contribution >= 0.6 is 11.8 Å². The normalized spacial score (nSPS) is 10.8. The number of nitrogens with zero attached hydrogens (tertiary/aromatic N) is 2. The summed E-state index contributed by atoms with van der Waals surface area (Å²) in [5.74, 6) is 2.00. The summed E-state index contributed by atoms with van der Waals surface area (Å²) in [4.78, 5) is 13.4. The van der Waals surface area contributed by atoms with Gasteiger partial charge in [-0.15, -0.1) is 11.8 Å². The van der Waals surface area contributed by atoms with Crippen LogP contribution in [0.3, 0.4) is 0 Å². The lowest BCUT2D eigenvalue weighted by atomic mass is 10.2. The van der Waals surface area contributed by atoms with Crippen LogP contribution in [-0.4, -0.2) is 16.2 Å². The van der Waals surface area contributed by atoms with E-state index >= 15 is 0 Å². The van der Waals surface area contributed by atoms with E-state index in [2.05, 4.69) is 15.6 Å². The fourth-order valence-corrected chi connectivity index (χ4v) is 3.60. The van der Waals surface area contributed by atoms with Crippen molar-refractivity contribution in [1.82, 2.24) is 15.6 Å². The first-order valence-corrected chi connectivity index (χ1v) is 8.87. The molecule has 0 fully saturated rings. The highest BCUT2D eigenvalue weighted by Crippen LogP contribution is 2.28. The Bertz CT molecular complexity index is 866. The molecule has 2 aromatic heterocycles. The average molecular weight is 357 g/mol. The number of carbonyl (C=O) groups is 1. The Labute approximate surface area is 150 Å². The third kappa shape index (κ3) is 4.11. The molecule has 0 saturated carbocycles. The van der Waals surface area contributed by atoms with Crippen LogP contribution in [0.2, 0.25) is 0 Å². The second kappa shape index (κ2) is 7.57. The summed E-state index contributed by atoms with van der Waals surface area (Å²) in [6.07, 6.45) is 0. The molecule has 0 spiro atoms. The summed E-state index contributed by atoms with van der Waals surface area (Å²) in [7, 11) is 0. The predicted octanol–water partition coefficient (Wildman–Crippen LogP) is 3.81. The number of thioether (sulfide) groups is 1. The first-order valence-electron chi connectivity index (χ1n) is 7.88. The smallest absolute Gasteiger partial charge is 0.252 e. The summed E-state index contributed by atoms with van der Waals surface area (Å²) in [6.45, 7) is 5.97. The molecule has 1 amide bonds. The van der Waals surface area contributed by atoms with Crippen molar-refractivity contribution < 1.29 is 13.8 Å². The van der Waals surface area contributed by atoms with Gasteiger partial charge in [0, 0.05) is 22.3 Å². The predicted molar refractivity (Wildman–Crippen MR) is 94.4 cm³/mol. The molecule has 0 aliphatic heterocycles. The first-order chi connectivity index (χ1) is 12.0. The van der Waals surface area contributed by atoms with Gasteiger partial charge < -0.3 is 14.4 Å². The van der Waals surface area contributed by atoms with Crippen LogP contribution in [0.5, 0.6) is 0 Å². The lowest BCUT2D eigenvalue weighted by molar-refractivity contribution is 0.0944. The first kappa shape index (κ1) is 17.3. The van der Waals surface area contributed by atoms with E-state index in [1.807, 2.05) is 45.0 Å². The van der Waals surface area contributed by atoms with Crippen LogP contribution in [0.4, 0.5) is 0 Å². The van der Waals surface area contributed by atoms with E-state index in [1.54, 1.807) is 17.8 Å². The molecule has 25 heavy (non-hydrogen) atoms. The van der Waals surface area contributed by atoms with Gasteiger partial charge in [0.2, 0.25) is 0 Å². The molecule has 3 aromatic rings. The molecule has 0 aliphatic carbocycles. The molecule has 0 radical (unpaired) electrons. The van der Waals surface area contributed by atoms with Crippen molar-refractivity contribution in [2.75, 3.05) is 0 Å². The van der Waals surface area contributed by atoms with E-state index in [-0.39, 0.29) is 5.91 Å². The number of rotatable bonds is 6. The molecule has 0 saturated heterocycles. The minimum Gasteiger partial charge on any atom is -0.361 e. The Hall–Kier alpha value is -2.54. The number of hydrogen-bond donors (Lipinski definition) is 1. The minimum atomic E-state index is -0.143. The van der Waals surface area contributed by atoms with Crippen molar-refractivity contribution in [3.05, 3.63) is 64.4 Å². The van der Waals surface area contributed by atoms with Crippen molar-refractivity contribution in [2.24, 2.45) is 0 Å². The van der Waals surface area contributed by atoms with Crippen LogP contribution in [0.15, 0.2) is 44.3 Å². The number of hydrogen-bond acceptors (Lipinski definition) is 6. The largest absolute Gasteiger partial charge is 0.361 e. The van der Waals surface area contributed by atoms with Gasteiger partial charge in [0.1, 0.15) is 5.76 Å². The summed E-state index contributed by atoms with van der Waals surface area (Å²) >= 11 is 1.59. The van der Waals surface area contributed by atoms with Gasteiger partial charge in [0.05, 0.1) is 23.5 Å². The Balaban J connectivity index is 1.68. The number of nitrogens with one attached hydrogen (secondary N) is 1. The highest BCUT2D eigenvalue weighted by atomic mass is 32.2. The van der Waals surface area contributed by atoms with Gasteiger partial charge in [-0.1, -0.05) is 22.4 Å². The fraction of sp³-hybridized carbons (Fsp3) is 0.278. The van der Waals surface area contributed by atoms with Gasteiger partial charge in [-0.25, -0.2) is 0 Å². The number of amides is 1. The van der Waals surface area contributed by atoms with Crippen LogP contribution in [0.25, 0.3) is 0 Å². The number of benzene rings is 1. The number of carbonyl (C=O) groups excluding carboxylic acids is 1. The maximum absolute atomic E-state index is 12.5. The number of aryl methyl sites for hydroxylation is 3. The van der Waals surface area contributed by atoms with Crippen molar-refractivity contribution in [2.45, 2.75) is 38.0 Å². The molecule has 1 aromatic carbocycles. The second-order valence-corrected chi connectivity index (χ2v) is 6.72. The van der Waals surface area contributed by atoms with E-state index in [4.69, 9.17) is 9.05 Å². The molecule has 0 unspecified atom stereocenters. The molecule has 7 heteroatoms. The molecular weight excluding hydrogens is 338 g/mol. The Morgan fingerprint density at radius 1 is 1.16 bits per heavy atom. The van der Waals surface area contributed by atoms with Gasteiger partial charge in [0.25, 0.3) is 5.91 Å². The van der Waals surface area contributed by atoms with Crippen LogP contribution in [0.1, 0.15) is 38.8 Å². The molecule has 0 atom stereocenters. The zero-order valence-corrected chi connectivity index (χ0v) is 15.1. The average Bonchev–Trinajstić information content (AvgIpc) is 3.17. The highest BCUT2D eigenvalue weighted by Gasteiger charge is 2.14. The Morgan fingerprint density at radius 3 is 2.64 bits per heavy atom. The molecule has 0 bridgehead atoms. The van der Waals surface area contributed by atoms with Crippen molar-refractivity contribution >= 4 is 17.7 Å². The topological polar surface area (TPSA) is 81.2 Å². The van der Waals surface area contributed by atoms with E-state index in [1.165, 1.54) is 0 Å². The lowest BCUT2D eigenvalue weighted by Gasteiger charge is -2.09. The molecule has 130 valence electrons. The van der Waals surface area contributed by atoms with Crippen LogP contribution in [-0.2, 0) is 12.3 Å². The van der Waals surface area contributed by atoms with Crippen molar-refractivity contribution in [3.63, 3.8) is 0 Å². The standard InChI is InChI=1S/C18H19N3O3S/c1-11-8-14(24-20-11)9-19-18(22)15-6-4-5-7-17(15)25-10-16-12(2)21-23-13(16)3/h4-8H,9-10H2,1-3H3,(H,19,22). The van der Waals surface area contributed by atoms with Gasteiger partial charge >= 0.3 is 0 Å². The maximum atomic E-state index is 12.5. The van der Waals surface area contributed by atoms with E-state index in [0.29, 0.717) is 23.6 Å². The third-order valence-corrected chi connectivity index (χ3v) is 4.88. The maximum Gasteiger partial charge on any atom is 0.252 e. The van der Waals surface area contributed by atoms with E-state index in [9.17, 15) is 4.79 Å². The quantitative estimate of drug-likeness (QED) is 0.676. The highest BCUT2D eigenvalue weighted by molar-refractivity contribution is 7.98. The summed E-state index contributed by atoms with van der Waals surface area (Å²) < 4.78 is 10.3. The SMILES string of the molecule is Cc1cc(CNC(=O)c2ccccc2SCc2c(C)noc2C)on1. The Kier molecular flexibility index (Phi) is 5.23. The van der Waals surface area contributed by atoms with Crippen molar-refractivity contribution in [3.8, 4) is 0 Å². The summed E-state index contributed by atoms with van der Waals surface area (Å²) in [5, 5.41) is 10.6. The van der Waals surface area contributed by atoms with Gasteiger partial charge in [-0.2, -0.15) is 0 Å². The number of aromatic nitrogens is 2. The summed E-state index contributed by atoms with van der Waals surface area (Å²) in [5.41, 5.74) is 3.38. The molecular formula is C18H19N3O3S. The van der Waals surface area contributed by atoms with Crippen LogP contribution in [0, 0.1) is 20.8 Å². The van der Waals surface area contributed by atoms with Gasteiger partial charge in [-0.05, 0) is 32.9 Å². The fourth-order valence-electron chi connectivity index (χ4n) is 2.40. The lowest BCUT2D eigenvalue weighted by Crippen LogP contribution is -2.23. The van der Waals surface area contributed by atoms with E-state index in [0.717, 1.165) is 27.6 Å². The minimum absolute atomic E-state index is 0.143. The molecule has 1 N–H and O–H groups in total. The second-order valence-electron chi connectivity index (χ2n) is 5.70.